The molecule has 0 saturated carbocycles. The molecule has 4 nitrogen and oxygen atoms in total. The number of nitrogens with one attached hydrogen (secondary N) is 2. The zero-order valence-corrected chi connectivity index (χ0v) is 11.8. The number of nitrogens with zero attached hydrogens (tertiary/aromatic N) is 1. The van der Waals surface area contributed by atoms with Crippen LogP contribution in [0.1, 0.15) is 31.9 Å². The van der Waals surface area contributed by atoms with Crippen molar-refractivity contribution in [3.8, 4) is 0 Å². The molecular weight excluding hydrogens is 250 g/mol. The molecule has 0 saturated heterocycles. The molecule has 2 rings (SSSR count). The van der Waals surface area contributed by atoms with Crippen LogP contribution >= 0.6 is 0 Å². The number of aromatic nitrogens is 1. The summed E-state index contributed by atoms with van der Waals surface area (Å²) in [7, 11) is 0. The first kappa shape index (κ1) is 14.1. The molecule has 1 atom stereocenters. The predicted octanol–water partition coefficient (Wildman–Crippen LogP) is 3.60. The largest absolute Gasteiger partial charge is 0.378 e. The number of hydrogen-bond donors (Lipinski definition) is 2. The highest BCUT2D eigenvalue weighted by atomic mass is 16.1. The molecule has 1 unspecified atom stereocenters. The highest BCUT2D eigenvalue weighted by molar-refractivity contribution is 5.90. The second kappa shape index (κ2) is 6.70. The minimum absolute atomic E-state index is 0.0179. The zero-order chi connectivity index (χ0) is 14.4. The molecule has 0 fully saturated rings. The van der Waals surface area contributed by atoms with E-state index >= 15 is 0 Å². The maximum atomic E-state index is 11.4. The highest BCUT2D eigenvalue weighted by Crippen LogP contribution is 2.21. The van der Waals surface area contributed by atoms with Crippen LogP contribution in [0.2, 0.25) is 0 Å². The van der Waals surface area contributed by atoms with Crippen LogP contribution in [0.4, 0.5) is 11.4 Å². The number of pyridine rings is 1. The average molecular weight is 269 g/mol. The Labute approximate surface area is 119 Å². The summed E-state index contributed by atoms with van der Waals surface area (Å²) in [6, 6.07) is 11.9. The predicted molar refractivity (Wildman–Crippen MR) is 81.6 cm³/mol. The van der Waals surface area contributed by atoms with Gasteiger partial charge in [0.25, 0.3) is 0 Å². The van der Waals surface area contributed by atoms with Crippen LogP contribution in [0.5, 0.6) is 0 Å². The van der Waals surface area contributed by atoms with E-state index in [9.17, 15) is 4.79 Å². The summed E-state index contributed by atoms with van der Waals surface area (Å²) in [5.74, 6) is 0.0179. The average Bonchev–Trinajstić information content (AvgIpc) is 2.48. The lowest BCUT2D eigenvalue weighted by Crippen LogP contribution is -2.10. The van der Waals surface area contributed by atoms with Crippen molar-refractivity contribution in [3.05, 3.63) is 54.4 Å². The van der Waals surface area contributed by atoms with Crippen molar-refractivity contribution in [3.63, 3.8) is 0 Å². The first-order valence-corrected chi connectivity index (χ1v) is 6.75. The molecule has 1 amide bonds. The van der Waals surface area contributed by atoms with E-state index in [0.717, 1.165) is 11.4 Å². The smallest absolute Gasteiger partial charge is 0.224 e. The summed E-state index contributed by atoms with van der Waals surface area (Å²) in [4.78, 5) is 15.4. The maximum absolute atomic E-state index is 11.4. The van der Waals surface area contributed by atoms with Crippen LogP contribution < -0.4 is 10.6 Å². The normalized spacial score (nSPS) is 11.7. The van der Waals surface area contributed by atoms with Gasteiger partial charge in [0.2, 0.25) is 5.91 Å². The van der Waals surface area contributed by atoms with Gasteiger partial charge in [0.05, 0.1) is 0 Å². The van der Waals surface area contributed by atoms with Crippen LogP contribution in [-0.4, -0.2) is 10.9 Å². The van der Waals surface area contributed by atoms with Gasteiger partial charge in [0.15, 0.2) is 0 Å². The van der Waals surface area contributed by atoms with Crippen molar-refractivity contribution >= 4 is 17.3 Å². The van der Waals surface area contributed by atoms with Gasteiger partial charge < -0.3 is 10.6 Å². The van der Waals surface area contributed by atoms with E-state index in [1.54, 1.807) is 12.4 Å². The number of benzene rings is 1. The third-order valence-corrected chi connectivity index (χ3v) is 3.06. The molecule has 0 bridgehead atoms. The standard InChI is InChI=1S/C16H19N3O/c1-3-16(20)19-15-6-4-5-14(11-15)18-12(2)13-7-9-17-10-8-13/h4-12,18H,3H2,1-2H3,(H,19,20). The summed E-state index contributed by atoms with van der Waals surface area (Å²) in [6.45, 7) is 3.93. The molecule has 0 spiro atoms. The molecule has 1 heterocycles. The van der Waals surface area contributed by atoms with Crippen molar-refractivity contribution in [2.75, 3.05) is 10.6 Å². The van der Waals surface area contributed by atoms with E-state index in [2.05, 4.69) is 22.5 Å². The maximum Gasteiger partial charge on any atom is 0.224 e. The van der Waals surface area contributed by atoms with Crippen LogP contribution in [0.3, 0.4) is 0 Å². The number of carbonyl (C=O) groups is 1. The van der Waals surface area contributed by atoms with Crippen molar-refractivity contribution in [1.82, 2.24) is 4.98 Å². The Morgan fingerprint density at radius 3 is 2.60 bits per heavy atom. The zero-order valence-electron chi connectivity index (χ0n) is 11.8. The lowest BCUT2D eigenvalue weighted by molar-refractivity contribution is -0.115. The van der Waals surface area contributed by atoms with Crippen LogP contribution in [0.25, 0.3) is 0 Å². The lowest BCUT2D eigenvalue weighted by Gasteiger charge is -2.16. The van der Waals surface area contributed by atoms with E-state index in [0.29, 0.717) is 6.42 Å². The van der Waals surface area contributed by atoms with Gasteiger partial charge in [-0.25, -0.2) is 0 Å². The van der Waals surface area contributed by atoms with E-state index in [-0.39, 0.29) is 11.9 Å². The molecule has 4 heteroatoms. The molecule has 1 aromatic carbocycles. The molecule has 0 aliphatic rings. The Bertz CT molecular complexity index is 569. The van der Waals surface area contributed by atoms with E-state index < -0.39 is 0 Å². The Morgan fingerprint density at radius 2 is 1.90 bits per heavy atom. The second-order valence-corrected chi connectivity index (χ2v) is 4.63. The molecule has 0 aliphatic carbocycles. The summed E-state index contributed by atoms with van der Waals surface area (Å²) < 4.78 is 0. The third-order valence-electron chi connectivity index (χ3n) is 3.06. The number of carbonyl (C=O) groups excluding carboxylic acids is 1. The van der Waals surface area contributed by atoms with Gasteiger partial charge in [0.1, 0.15) is 0 Å². The van der Waals surface area contributed by atoms with Crippen LogP contribution in [0, 0.1) is 0 Å². The van der Waals surface area contributed by atoms with Gasteiger partial charge in [-0.15, -0.1) is 0 Å². The molecule has 1 aromatic heterocycles. The summed E-state index contributed by atoms with van der Waals surface area (Å²) >= 11 is 0. The first-order chi connectivity index (χ1) is 9.69. The van der Waals surface area contributed by atoms with Crippen LogP contribution in [-0.2, 0) is 4.79 Å². The van der Waals surface area contributed by atoms with Gasteiger partial charge in [0, 0.05) is 36.2 Å². The minimum atomic E-state index is 0.0179. The molecule has 0 aliphatic heterocycles. The molecular formula is C16H19N3O. The van der Waals surface area contributed by atoms with Gasteiger partial charge in [-0.2, -0.15) is 0 Å². The number of anilines is 2. The van der Waals surface area contributed by atoms with Crippen molar-refractivity contribution in [1.29, 1.82) is 0 Å². The molecule has 0 radical (unpaired) electrons. The first-order valence-electron chi connectivity index (χ1n) is 6.75. The second-order valence-electron chi connectivity index (χ2n) is 4.63. The van der Waals surface area contributed by atoms with Gasteiger partial charge in [-0.3, -0.25) is 9.78 Å². The number of rotatable bonds is 5. The van der Waals surface area contributed by atoms with Gasteiger partial charge >= 0.3 is 0 Å². The fourth-order valence-electron chi connectivity index (χ4n) is 1.92. The van der Waals surface area contributed by atoms with E-state index in [4.69, 9.17) is 0 Å². The third kappa shape index (κ3) is 3.82. The Morgan fingerprint density at radius 1 is 1.20 bits per heavy atom. The minimum Gasteiger partial charge on any atom is -0.378 e. The number of hydrogen-bond acceptors (Lipinski definition) is 3. The SMILES string of the molecule is CCC(=O)Nc1cccc(NC(C)c2ccncc2)c1. The van der Waals surface area contributed by atoms with E-state index in [1.807, 2.05) is 43.3 Å². The van der Waals surface area contributed by atoms with Gasteiger partial charge in [-0.05, 0) is 42.8 Å². The topological polar surface area (TPSA) is 54.0 Å². The summed E-state index contributed by atoms with van der Waals surface area (Å²) in [5.41, 5.74) is 2.95. The van der Waals surface area contributed by atoms with E-state index in [1.165, 1.54) is 5.56 Å². The summed E-state index contributed by atoms with van der Waals surface area (Å²) in [5, 5.41) is 6.27. The molecule has 20 heavy (non-hydrogen) atoms. The summed E-state index contributed by atoms with van der Waals surface area (Å²) in [6.07, 6.45) is 4.04. The Hall–Kier alpha value is -2.36. The quantitative estimate of drug-likeness (QED) is 0.872. The fourth-order valence-corrected chi connectivity index (χ4v) is 1.92. The van der Waals surface area contributed by atoms with Crippen molar-refractivity contribution in [2.24, 2.45) is 0 Å². The van der Waals surface area contributed by atoms with Crippen LogP contribution in [0.15, 0.2) is 48.8 Å². The highest BCUT2D eigenvalue weighted by Gasteiger charge is 2.05. The van der Waals surface area contributed by atoms with Crippen molar-refractivity contribution < 1.29 is 4.79 Å². The van der Waals surface area contributed by atoms with Crippen molar-refractivity contribution in [2.45, 2.75) is 26.3 Å². The molecule has 104 valence electrons. The Kier molecular flexibility index (Phi) is 4.71. The lowest BCUT2D eigenvalue weighted by atomic mass is 10.1. The molecule has 2 aromatic rings. The van der Waals surface area contributed by atoms with Gasteiger partial charge in [-0.1, -0.05) is 13.0 Å². The fraction of sp³-hybridized carbons (Fsp3) is 0.250. The number of amides is 1. The Balaban J connectivity index is 2.06. The molecule has 2 N–H and O–H groups in total. The monoisotopic (exact) mass is 269 g/mol.